The Morgan fingerprint density at radius 3 is 2.59 bits per heavy atom. The van der Waals surface area contributed by atoms with E-state index in [4.69, 9.17) is 4.74 Å². The van der Waals surface area contributed by atoms with Gasteiger partial charge in [0.1, 0.15) is 12.0 Å². The van der Waals surface area contributed by atoms with Crippen molar-refractivity contribution in [1.29, 1.82) is 0 Å². The van der Waals surface area contributed by atoms with Crippen LogP contribution < -0.4 is 5.32 Å². The molecule has 0 radical (unpaired) electrons. The van der Waals surface area contributed by atoms with Gasteiger partial charge in [0.15, 0.2) is 0 Å². The molecule has 94 valence electrons. The topological polar surface area (TPSA) is 38.3 Å². The molecule has 3 nitrogen and oxygen atoms in total. The van der Waals surface area contributed by atoms with Crippen LogP contribution in [0, 0.1) is 0 Å². The Bertz CT molecular complexity index is 349. The molecule has 1 saturated carbocycles. The van der Waals surface area contributed by atoms with Crippen LogP contribution >= 0.6 is 0 Å². The molecule has 0 aliphatic heterocycles. The number of aldehydes is 1. The molecule has 1 aliphatic carbocycles. The fraction of sp³-hybridized carbons (Fsp3) is 0.500. The van der Waals surface area contributed by atoms with Crippen molar-refractivity contribution < 1.29 is 9.53 Å². The molecule has 0 spiro atoms. The first kappa shape index (κ1) is 13.7. The lowest BCUT2D eigenvalue weighted by Crippen LogP contribution is -2.18. The van der Waals surface area contributed by atoms with Crippen LogP contribution in [0.15, 0.2) is 35.1 Å². The van der Waals surface area contributed by atoms with Crippen LogP contribution in [-0.4, -0.2) is 26.0 Å². The summed E-state index contributed by atoms with van der Waals surface area (Å²) in [5.41, 5.74) is 1.79. The van der Waals surface area contributed by atoms with Gasteiger partial charge in [-0.1, -0.05) is 11.6 Å². The number of nitrogens with one attached hydrogen (secondary N) is 1. The van der Waals surface area contributed by atoms with E-state index in [1.807, 2.05) is 26.0 Å². The molecule has 17 heavy (non-hydrogen) atoms. The monoisotopic (exact) mass is 235 g/mol. The van der Waals surface area contributed by atoms with E-state index in [0.29, 0.717) is 17.4 Å². The second-order valence-corrected chi connectivity index (χ2v) is 4.30. The highest BCUT2D eigenvalue weighted by atomic mass is 16.5. The summed E-state index contributed by atoms with van der Waals surface area (Å²) in [5.74, 6) is 0.700. The largest absolute Gasteiger partial charge is 0.497 e. The first-order chi connectivity index (χ1) is 8.19. The molecular weight excluding hydrogens is 214 g/mol. The average Bonchev–Trinajstić information content (AvgIpc) is 3.15. The van der Waals surface area contributed by atoms with Gasteiger partial charge in [-0.3, -0.25) is 4.79 Å². The molecular formula is C14H21NO2. The molecule has 0 aromatic heterocycles. The minimum atomic E-state index is 0.634. The highest BCUT2D eigenvalue weighted by molar-refractivity contribution is 5.78. The summed E-state index contributed by atoms with van der Waals surface area (Å²) >= 11 is 0. The molecule has 0 heterocycles. The van der Waals surface area contributed by atoms with Gasteiger partial charge in [-0.15, -0.1) is 0 Å². The van der Waals surface area contributed by atoms with Crippen LogP contribution in [0.1, 0.15) is 26.7 Å². The van der Waals surface area contributed by atoms with E-state index in [-0.39, 0.29) is 0 Å². The van der Waals surface area contributed by atoms with Crippen LogP contribution in [0.2, 0.25) is 0 Å². The van der Waals surface area contributed by atoms with Crippen LogP contribution in [0.25, 0.3) is 0 Å². The number of carbonyl (C=O) groups excluding carboxylic acids is 1. The Labute approximate surface area is 103 Å². The number of rotatable bonds is 7. The first-order valence-electron chi connectivity index (χ1n) is 5.97. The Morgan fingerprint density at radius 2 is 2.12 bits per heavy atom. The quantitative estimate of drug-likeness (QED) is 0.318. The van der Waals surface area contributed by atoms with Crippen molar-refractivity contribution in [2.75, 3.05) is 13.7 Å². The molecule has 3 heteroatoms. The van der Waals surface area contributed by atoms with Crippen molar-refractivity contribution in [3.8, 4) is 0 Å². The third kappa shape index (κ3) is 5.50. The maximum atomic E-state index is 10.9. The van der Waals surface area contributed by atoms with E-state index < -0.39 is 0 Å². The van der Waals surface area contributed by atoms with Crippen LogP contribution in [0.4, 0.5) is 0 Å². The van der Waals surface area contributed by atoms with Gasteiger partial charge >= 0.3 is 0 Å². The van der Waals surface area contributed by atoms with Gasteiger partial charge in [-0.05, 0) is 38.8 Å². The van der Waals surface area contributed by atoms with E-state index in [2.05, 4.69) is 5.32 Å². The molecule has 0 saturated heterocycles. The molecule has 0 bridgehead atoms. The van der Waals surface area contributed by atoms with Crippen molar-refractivity contribution >= 4 is 6.29 Å². The normalized spacial score (nSPS) is 18.2. The minimum Gasteiger partial charge on any atom is -0.497 e. The number of hydrogen-bond acceptors (Lipinski definition) is 3. The van der Waals surface area contributed by atoms with Crippen LogP contribution in [0.3, 0.4) is 0 Å². The Hall–Kier alpha value is -1.35. The highest BCUT2D eigenvalue weighted by Gasteiger charge is 2.19. The van der Waals surface area contributed by atoms with Gasteiger partial charge in [0.05, 0.1) is 7.11 Å². The number of carbonyl (C=O) groups is 1. The zero-order valence-corrected chi connectivity index (χ0v) is 10.8. The third-order valence-corrected chi connectivity index (χ3v) is 2.63. The molecule has 1 N–H and O–H groups in total. The van der Waals surface area contributed by atoms with Crippen LogP contribution in [-0.2, 0) is 9.53 Å². The highest BCUT2D eigenvalue weighted by Crippen LogP contribution is 2.18. The van der Waals surface area contributed by atoms with E-state index in [0.717, 1.165) is 18.4 Å². The molecule has 1 fully saturated rings. The number of hydrogen-bond donors (Lipinski definition) is 1. The predicted molar refractivity (Wildman–Crippen MR) is 69.7 cm³/mol. The average molecular weight is 235 g/mol. The van der Waals surface area contributed by atoms with Gasteiger partial charge in [-0.2, -0.15) is 0 Å². The lowest BCUT2D eigenvalue weighted by atomic mass is 10.1. The smallest absolute Gasteiger partial charge is 0.150 e. The zero-order valence-electron chi connectivity index (χ0n) is 10.8. The van der Waals surface area contributed by atoms with Crippen molar-refractivity contribution in [3.63, 3.8) is 0 Å². The SMILES string of the molecule is C\C=C(/C=C(C=O)\C=C(/C)CNC1CC1)OC. The standard InChI is InChI=1S/C14H21NO2/c1-4-14(17-3)8-12(10-16)7-11(2)9-15-13-5-6-13/h4,7-8,10,13,15H,5-6,9H2,1-3H3/b11-7+,12-8+,14-4+. The molecule has 1 aliphatic rings. The summed E-state index contributed by atoms with van der Waals surface area (Å²) in [4.78, 5) is 10.9. The number of methoxy groups -OCH3 is 1. The lowest BCUT2D eigenvalue weighted by Gasteiger charge is -2.04. The maximum Gasteiger partial charge on any atom is 0.150 e. The minimum absolute atomic E-state index is 0.634. The molecule has 1 rings (SSSR count). The summed E-state index contributed by atoms with van der Waals surface area (Å²) in [6, 6.07) is 0.687. The van der Waals surface area contributed by atoms with Gasteiger partial charge < -0.3 is 10.1 Å². The van der Waals surface area contributed by atoms with E-state index >= 15 is 0 Å². The number of ether oxygens (including phenoxy) is 1. The Morgan fingerprint density at radius 1 is 1.41 bits per heavy atom. The molecule has 0 amide bonds. The van der Waals surface area contributed by atoms with E-state index in [1.54, 1.807) is 13.2 Å². The summed E-state index contributed by atoms with van der Waals surface area (Å²) in [5, 5.41) is 3.41. The van der Waals surface area contributed by atoms with Gasteiger partial charge in [0.25, 0.3) is 0 Å². The third-order valence-electron chi connectivity index (χ3n) is 2.63. The maximum absolute atomic E-state index is 10.9. The second-order valence-electron chi connectivity index (χ2n) is 4.30. The summed E-state index contributed by atoms with van der Waals surface area (Å²) in [6.45, 7) is 4.74. The molecule has 0 aromatic rings. The van der Waals surface area contributed by atoms with Gasteiger partial charge in [0, 0.05) is 18.2 Å². The van der Waals surface area contributed by atoms with Crippen LogP contribution in [0.5, 0.6) is 0 Å². The predicted octanol–water partition coefficient (Wildman–Crippen LogP) is 2.36. The Balaban J connectivity index is 2.58. The lowest BCUT2D eigenvalue weighted by molar-refractivity contribution is -0.104. The fourth-order valence-corrected chi connectivity index (χ4v) is 1.46. The second kappa shape index (κ2) is 7.07. The number of allylic oxidation sites excluding steroid dienone is 4. The van der Waals surface area contributed by atoms with Crippen molar-refractivity contribution in [2.45, 2.75) is 32.7 Å². The van der Waals surface area contributed by atoms with Gasteiger partial charge in [-0.25, -0.2) is 0 Å². The van der Waals surface area contributed by atoms with Gasteiger partial charge in [0.2, 0.25) is 0 Å². The van der Waals surface area contributed by atoms with Crippen molar-refractivity contribution in [1.82, 2.24) is 5.32 Å². The Kier molecular flexibility index (Phi) is 5.70. The summed E-state index contributed by atoms with van der Waals surface area (Å²) < 4.78 is 5.10. The fourth-order valence-electron chi connectivity index (χ4n) is 1.46. The van der Waals surface area contributed by atoms with Crippen molar-refractivity contribution in [3.05, 3.63) is 35.1 Å². The van der Waals surface area contributed by atoms with Crippen molar-refractivity contribution in [2.24, 2.45) is 0 Å². The summed E-state index contributed by atoms with van der Waals surface area (Å²) in [7, 11) is 1.60. The molecule has 0 aromatic carbocycles. The molecule has 0 atom stereocenters. The van der Waals surface area contributed by atoms with E-state index in [1.165, 1.54) is 12.8 Å². The first-order valence-corrected chi connectivity index (χ1v) is 5.97. The summed E-state index contributed by atoms with van der Waals surface area (Å²) in [6.07, 6.45) is 8.86. The molecule has 0 unspecified atom stereocenters. The zero-order chi connectivity index (χ0) is 12.7. The van der Waals surface area contributed by atoms with E-state index in [9.17, 15) is 4.79 Å².